The predicted molar refractivity (Wildman–Crippen MR) is 107 cm³/mol. The van der Waals surface area contributed by atoms with E-state index >= 15 is 0 Å². The van der Waals surface area contributed by atoms with Gasteiger partial charge in [0, 0.05) is 40.0 Å². The molecule has 0 aliphatic heterocycles. The van der Waals surface area contributed by atoms with Crippen LogP contribution in [0.15, 0.2) is 60.8 Å². The molecule has 26 heavy (non-hydrogen) atoms. The van der Waals surface area contributed by atoms with Crippen LogP contribution in [0.1, 0.15) is 5.56 Å². The van der Waals surface area contributed by atoms with E-state index in [2.05, 4.69) is 15.4 Å². The van der Waals surface area contributed by atoms with E-state index < -0.39 is 0 Å². The van der Waals surface area contributed by atoms with Crippen LogP contribution in [0.25, 0.3) is 16.9 Å². The van der Waals surface area contributed by atoms with Crippen LogP contribution in [0.5, 0.6) is 0 Å². The summed E-state index contributed by atoms with van der Waals surface area (Å²) in [6.07, 6.45) is 1.71. The van der Waals surface area contributed by atoms with E-state index in [0.29, 0.717) is 22.3 Å². The SMILES string of the molecule is Nc1cccc(-c2cc(NCc3ccc(Cl)cc3Cl)n3nccc3n2)c1. The second-order valence-corrected chi connectivity index (χ2v) is 6.69. The first kappa shape index (κ1) is 16.7. The summed E-state index contributed by atoms with van der Waals surface area (Å²) in [7, 11) is 0. The zero-order chi connectivity index (χ0) is 18.1. The lowest BCUT2D eigenvalue weighted by Crippen LogP contribution is -2.07. The Labute approximate surface area is 160 Å². The number of anilines is 2. The average molecular weight is 384 g/mol. The van der Waals surface area contributed by atoms with Crippen molar-refractivity contribution in [2.45, 2.75) is 6.54 Å². The minimum Gasteiger partial charge on any atom is -0.399 e. The van der Waals surface area contributed by atoms with E-state index in [-0.39, 0.29) is 0 Å². The van der Waals surface area contributed by atoms with Crippen molar-refractivity contribution in [3.05, 3.63) is 76.4 Å². The van der Waals surface area contributed by atoms with Crippen molar-refractivity contribution in [3.63, 3.8) is 0 Å². The molecule has 0 saturated carbocycles. The van der Waals surface area contributed by atoms with Crippen LogP contribution in [0.4, 0.5) is 11.5 Å². The first-order chi connectivity index (χ1) is 12.6. The number of halogens is 2. The summed E-state index contributed by atoms with van der Waals surface area (Å²) in [6, 6.07) is 16.9. The topological polar surface area (TPSA) is 68.2 Å². The van der Waals surface area contributed by atoms with Gasteiger partial charge >= 0.3 is 0 Å². The Bertz CT molecular complexity index is 1090. The lowest BCUT2D eigenvalue weighted by atomic mass is 10.1. The highest BCUT2D eigenvalue weighted by Crippen LogP contribution is 2.25. The number of nitrogens with zero attached hydrogens (tertiary/aromatic N) is 3. The third kappa shape index (κ3) is 3.31. The number of hydrogen-bond donors (Lipinski definition) is 2. The quantitative estimate of drug-likeness (QED) is 0.491. The molecule has 2 aromatic heterocycles. The molecular weight excluding hydrogens is 369 g/mol. The minimum absolute atomic E-state index is 0.533. The van der Waals surface area contributed by atoms with Crippen LogP contribution in [-0.4, -0.2) is 14.6 Å². The molecule has 0 saturated heterocycles. The summed E-state index contributed by atoms with van der Waals surface area (Å²) in [5.74, 6) is 0.809. The van der Waals surface area contributed by atoms with Crippen LogP contribution in [0, 0.1) is 0 Å². The number of nitrogens with two attached hydrogens (primary N) is 1. The largest absolute Gasteiger partial charge is 0.399 e. The third-order valence-corrected chi connectivity index (χ3v) is 4.60. The molecule has 3 N–H and O–H groups in total. The van der Waals surface area contributed by atoms with E-state index in [4.69, 9.17) is 28.9 Å². The lowest BCUT2D eigenvalue weighted by molar-refractivity contribution is 0.927. The first-order valence-corrected chi connectivity index (χ1v) is 8.74. The van der Waals surface area contributed by atoms with E-state index in [9.17, 15) is 0 Å². The number of nitrogen functional groups attached to an aromatic ring is 1. The molecule has 0 fully saturated rings. The summed E-state index contributed by atoms with van der Waals surface area (Å²) in [4.78, 5) is 4.65. The van der Waals surface area contributed by atoms with Crippen molar-refractivity contribution in [1.29, 1.82) is 0 Å². The summed E-state index contributed by atoms with van der Waals surface area (Å²) in [6.45, 7) is 0.533. The summed E-state index contributed by atoms with van der Waals surface area (Å²) >= 11 is 12.2. The Morgan fingerprint density at radius 2 is 1.92 bits per heavy atom. The number of nitrogens with one attached hydrogen (secondary N) is 1. The van der Waals surface area contributed by atoms with E-state index in [1.807, 2.05) is 48.5 Å². The van der Waals surface area contributed by atoms with Gasteiger partial charge in [-0.25, -0.2) is 4.98 Å². The summed E-state index contributed by atoms with van der Waals surface area (Å²) < 4.78 is 1.75. The molecule has 0 aliphatic carbocycles. The highest BCUT2D eigenvalue weighted by atomic mass is 35.5. The van der Waals surface area contributed by atoms with Gasteiger partial charge in [0.25, 0.3) is 0 Å². The molecule has 5 nitrogen and oxygen atoms in total. The van der Waals surface area contributed by atoms with Crippen molar-refractivity contribution in [1.82, 2.24) is 14.6 Å². The fourth-order valence-electron chi connectivity index (χ4n) is 2.74. The van der Waals surface area contributed by atoms with Gasteiger partial charge in [-0.05, 0) is 29.8 Å². The smallest absolute Gasteiger partial charge is 0.157 e. The second-order valence-electron chi connectivity index (χ2n) is 5.84. The second kappa shape index (κ2) is 6.86. The Morgan fingerprint density at radius 3 is 2.73 bits per heavy atom. The Morgan fingerprint density at radius 1 is 1.04 bits per heavy atom. The van der Waals surface area contributed by atoms with E-state index in [0.717, 1.165) is 28.3 Å². The van der Waals surface area contributed by atoms with Crippen molar-refractivity contribution < 1.29 is 0 Å². The van der Waals surface area contributed by atoms with Gasteiger partial charge in [-0.15, -0.1) is 0 Å². The van der Waals surface area contributed by atoms with Crippen LogP contribution in [0.3, 0.4) is 0 Å². The molecule has 0 amide bonds. The molecule has 0 unspecified atom stereocenters. The van der Waals surface area contributed by atoms with Gasteiger partial charge in [-0.1, -0.05) is 41.4 Å². The molecule has 7 heteroatoms. The number of benzene rings is 2. The van der Waals surface area contributed by atoms with Crippen LogP contribution in [-0.2, 0) is 6.54 Å². The fourth-order valence-corrected chi connectivity index (χ4v) is 3.21. The van der Waals surface area contributed by atoms with Gasteiger partial charge in [0.2, 0.25) is 0 Å². The fraction of sp³-hybridized carbons (Fsp3) is 0.0526. The maximum absolute atomic E-state index is 6.26. The highest BCUT2D eigenvalue weighted by molar-refractivity contribution is 6.35. The molecule has 0 atom stereocenters. The number of hydrogen-bond acceptors (Lipinski definition) is 4. The predicted octanol–water partition coefficient (Wildman–Crippen LogP) is 4.90. The van der Waals surface area contributed by atoms with Gasteiger partial charge in [0.15, 0.2) is 5.65 Å². The molecular formula is C19H15Cl2N5. The van der Waals surface area contributed by atoms with Crippen molar-refractivity contribution in [2.24, 2.45) is 0 Å². The van der Waals surface area contributed by atoms with Crippen molar-refractivity contribution in [3.8, 4) is 11.3 Å². The number of aromatic nitrogens is 3. The van der Waals surface area contributed by atoms with Gasteiger partial charge in [0.1, 0.15) is 5.82 Å². The molecule has 2 aromatic carbocycles. The normalized spacial score (nSPS) is 11.0. The Kier molecular flexibility index (Phi) is 4.41. The number of fused-ring (bicyclic) bond motifs is 1. The Hall–Kier alpha value is -2.76. The summed E-state index contributed by atoms with van der Waals surface area (Å²) in [5.41, 5.74) is 10.0. The van der Waals surface area contributed by atoms with E-state index in [1.54, 1.807) is 16.8 Å². The van der Waals surface area contributed by atoms with Crippen LogP contribution >= 0.6 is 23.2 Å². The van der Waals surface area contributed by atoms with Gasteiger partial charge in [-0.2, -0.15) is 9.61 Å². The van der Waals surface area contributed by atoms with Gasteiger partial charge < -0.3 is 11.1 Å². The maximum atomic E-state index is 6.26. The summed E-state index contributed by atoms with van der Waals surface area (Å²) in [5, 5.41) is 8.94. The first-order valence-electron chi connectivity index (χ1n) is 7.99. The highest BCUT2D eigenvalue weighted by Gasteiger charge is 2.09. The third-order valence-electron chi connectivity index (χ3n) is 4.02. The molecule has 0 radical (unpaired) electrons. The van der Waals surface area contributed by atoms with Crippen molar-refractivity contribution in [2.75, 3.05) is 11.1 Å². The lowest BCUT2D eigenvalue weighted by Gasteiger charge is -2.12. The molecule has 4 rings (SSSR count). The molecule has 0 spiro atoms. The van der Waals surface area contributed by atoms with Gasteiger partial charge in [-0.3, -0.25) is 0 Å². The standard InChI is InChI=1S/C19H15Cl2N5/c20-14-5-4-13(16(21)9-14)11-23-19-10-17(12-2-1-3-15(22)8-12)25-18-6-7-24-26(18)19/h1-10,23H,11,22H2. The number of rotatable bonds is 4. The molecule has 130 valence electrons. The molecule has 0 aliphatic rings. The van der Waals surface area contributed by atoms with Crippen LogP contribution in [0.2, 0.25) is 10.0 Å². The molecule has 2 heterocycles. The maximum Gasteiger partial charge on any atom is 0.157 e. The van der Waals surface area contributed by atoms with Crippen molar-refractivity contribution >= 4 is 40.4 Å². The Balaban J connectivity index is 1.71. The zero-order valence-electron chi connectivity index (χ0n) is 13.7. The average Bonchev–Trinajstić information content (AvgIpc) is 3.09. The molecule has 4 aromatic rings. The zero-order valence-corrected chi connectivity index (χ0v) is 15.2. The van der Waals surface area contributed by atoms with Gasteiger partial charge in [0.05, 0.1) is 11.9 Å². The van der Waals surface area contributed by atoms with Crippen LogP contribution < -0.4 is 11.1 Å². The van der Waals surface area contributed by atoms with E-state index in [1.165, 1.54) is 0 Å². The molecule has 0 bridgehead atoms. The minimum atomic E-state index is 0.533. The monoisotopic (exact) mass is 383 g/mol.